The van der Waals surface area contributed by atoms with Crippen LogP contribution in [0.25, 0.3) is 10.9 Å². The van der Waals surface area contributed by atoms with E-state index in [0.29, 0.717) is 11.8 Å². The molecule has 3 nitrogen and oxygen atoms in total. The summed E-state index contributed by atoms with van der Waals surface area (Å²) in [5.74, 6) is 1.31. The fourth-order valence-electron chi connectivity index (χ4n) is 8.90. The highest BCUT2D eigenvalue weighted by atomic mass is 16.5. The van der Waals surface area contributed by atoms with E-state index in [1.54, 1.807) is 0 Å². The highest BCUT2D eigenvalue weighted by Crippen LogP contribution is 2.68. The molecule has 0 radical (unpaired) electrons. The van der Waals surface area contributed by atoms with Crippen LogP contribution < -0.4 is 0 Å². The maximum absolute atomic E-state index is 10.7. The first-order valence-electron chi connectivity index (χ1n) is 14.8. The van der Waals surface area contributed by atoms with Crippen molar-refractivity contribution in [1.29, 1.82) is 0 Å². The van der Waals surface area contributed by atoms with Gasteiger partial charge in [-0.2, -0.15) is 0 Å². The smallest absolute Gasteiger partial charge is 0.0860 e. The van der Waals surface area contributed by atoms with Gasteiger partial charge in [0.1, 0.15) is 0 Å². The third kappa shape index (κ3) is 4.06. The Labute approximate surface area is 225 Å². The summed E-state index contributed by atoms with van der Waals surface area (Å²) in [5, 5.41) is 12.1. The fourth-order valence-corrected chi connectivity index (χ4v) is 8.90. The van der Waals surface area contributed by atoms with Gasteiger partial charge < -0.3 is 14.4 Å². The summed E-state index contributed by atoms with van der Waals surface area (Å²) in [7, 11) is 0. The minimum Gasteiger partial charge on any atom is -0.388 e. The Hall–Kier alpha value is -1.58. The van der Waals surface area contributed by atoms with Crippen LogP contribution in [0.5, 0.6) is 0 Å². The number of fused-ring (bicyclic) bond motifs is 4. The molecule has 0 unspecified atom stereocenters. The molecule has 2 saturated carbocycles. The van der Waals surface area contributed by atoms with E-state index in [2.05, 4.69) is 89.2 Å². The van der Waals surface area contributed by atoms with Crippen LogP contribution in [0.2, 0.25) is 0 Å². The van der Waals surface area contributed by atoms with Crippen molar-refractivity contribution < 1.29 is 9.84 Å². The van der Waals surface area contributed by atoms with E-state index in [0.717, 1.165) is 25.7 Å². The Morgan fingerprint density at radius 2 is 1.73 bits per heavy atom. The van der Waals surface area contributed by atoms with Crippen molar-refractivity contribution in [3.8, 4) is 0 Å². The van der Waals surface area contributed by atoms with Crippen molar-refractivity contribution in [2.45, 2.75) is 124 Å². The number of aromatic nitrogens is 1. The molecule has 3 aliphatic rings. The monoisotopic (exact) mass is 505 g/mol. The molecule has 204 valence electrons. The SMILES string of the molecule is C=CC(C)(C)n1cc(C[C@@H]2CC[C@H]3[C@]4(C)CC[C@@H](C(C)(C)O)O[C@H]4CC[C@]3(C)C2(C)C)c2ccccc21. The number of ether oxygens (including phenoxy) is 1. The predicted octanol–water partition coefficient (Wildman–Crippen LogP) is 8.28. The number of aliphatic hydroxyl groups is 1. The van der Waals surface area contributed by atoms with Crippen molar-refractivity contribution in [2.24, 2.45) is 28.1 Å². The van der Waals surface area contributed by atoms with E-state index >= 15 is 0 Å². The van der Waals surface area contributed by atoms with Crippen molar-refractivity contribution in [2.75, 3.05) is 0 Å². The summed E-state index contributed by atoms with van der Waals surface area (Å²) in [4.78, 5) is 0. The molecule has 1 aromatic carbocycles. The Morgan fingerprint density at radius 3 is 2.41 bits per heavy atom. The largest absolute Gasteiger partial charge is 0.388 e. The van der Waals surface area contributed by atoms with Gasteiger partial charge in [-0.3, -0.25) is 0 Å². The van der Waals surface area contributed by atoms with Crippen LogP contribution in [-0.4, -0.2) is 27.5 Å². The maximum atomic E-state index is 10.7. The third-order valence-electron chi connectivity index (χ3n) is 12.0. The van der Waals surface area contributed by atoms with Crippen LogP contribution in [0, 0.1) is 28.1 Å². The maximum Gasteiger partial charge on any atom is 0.0860 e. The van der Waals surface area contributed by atoms with E-state index in [4.69, 9.17) is 4.74 Å². The van der Waals surface area contributed by atoms with Gasteiger partial charge in [0.15, 0.2) is 0 Å². The third-order valence-corrected chi connectivity index (χ3v) is 12.0. The summed E-state index contributed by atoms with van der Waals surface area (Å²) in [6.45, 7) is 22.7. The second-order valence-electron chi connectivity index (χ2n) is 14.9. The summed E-state index contributed by atoms with van der Waals surface area (Å²) >= 11 is 0. The molecule has 2 aliphatic carbocycles. The molecule has 3 fully saturated rings. The molecule has 1 N–H and O–H groups in total. The standard InChI is InChI=1S/C34H51NO2/c1-10-30(2,3)35-22-23(25-13-11-12-14-26(25)35)21-24-15-16-27-33(8)19-17-28(32(6,7)36)37-29(33)18-20-34(27,9)31(24,4)5/h10-14,22,24,27-29,36H,1,15-21H2,2-9H3/t24-,27-,28-,29-,33-,34-/m0/s1. The molecule has 2 heterocycles. The fraction of sp³-hybridized carbons (Fsp3) is 0.706. The van der Waals surface area contributed by atoms with Crippen molar-refractivity contribution in [3.63, 3.8) is 0 Å². The lowest BCUT2D eigenvalue weighted by Gasteiger charge is -2.67. The normalized spacial score (nSPS) is 36.1. The average Bonchev–Trinajstić information content (AvgIpc) is 3.20. The summed E-state index contributed by atoms with van der Waals surface area (Å²) < 4.78 is 9.10. The van der Waals surface area contributed by atoms with Crippen molar-refractivity contribution >= 4 is 10.9 Å². The van der Waals surface area contributed by atoms with Crippen LogP contribution in [0.4, 0.5) is 0 Å². The molecule has 1 aromatic heterocycles. The van der Waals surface area contributed by atoms with Gasteiger partial charge in [0.25, 0.3) is 0 Å². The van der Waals surface area contributed by atoms with Gasteiger partial charge in [0, 0.05) is 17.1 Å². The van der Waals surface area contributed by atoms with Gasteiger partial charge in [0.2, 0.25) is 0 Å². The molecule has 2 aromatic rings. The van der Waals surface area contributed by atoms with Crippen LogP contribution in [0.15, 0.2) is 43.1 Å². The van der Waals surface area contributed by atoms with Crippen LogP contribution in [0.1, 0.15) is 99.5 Å². The Morgan fingerprint density at radius 1 is 1.03 bits per heavy atom. The van der Waals surface area contributed by atoms with E-state index < -0.39 is 5.60 Å². The zero-order valence-electron chi connectivity index (χ0n) is 24.7. The number of nitrogens with zero attached hydrogens (tertiary/aromatic N) is 1. The van der Waals surface area contributed by atoms with E-state index in [-0.39, 0.29) is 34.0 Å². The second kappa shape index (κ2) is 8.71. The molecule has 6 atom stereocenters. The molecular weight excluding hydrogens is 454 g/mol. The topological polar surface area (TPSA) is 34.4 Å². The molecule has 3 heteroatoms. The molecule has 1 saturated heterocycles. The number of rotatable bonds is 5. The van der Waals surface area contributed by atoms with Crippen LogP contribution in [0.3, 0.4) is 0 Å². The molecule has 0 spiro atoms. The zero-order chi connectivity index (χ0) is 27.0. The molecule has 0 amide bonds. The Kier molecular flexibility index (Phi) is 6.36. The van der Waals surface area contributed by atoms with Crippen molar-refractivity contribution in [1.82, 2.24) is 4.57 Å². The van der Waals surface area contributed by atoms with Crippen LogP contribution >= 0.6 is 0 Å². The van der Waals surface area contributed by atoms with Crippen LogP contribution in [-0.2, 0) is 16.7 Å². The quantitative estimate of drug-likeness (QED) is 0.415. The van der Waals surface area contributed by atoms with Gasteiger partial charge in [0.05, 0.1) is 23.3 Å². The van der Waals surface area contributed by atoms with E-state index in [1.807, 2.05) is 13.8 Å². The minimum atomic E-state index is -0.766. The predicted molar refractivity (Wildman–Crippen MR) is 155 cm³/mol. The lowest BCUT2D eigenvalue weighted by molar-refractivity contribution is -0.255. The zero-order valence-corrected chi connectivity index (χ0v) is 24.7. The summed E-state index contributed by atoms with van der Waals surface area (Å²) in [5.41, 5.74) is 2.62. The Bertz CT molecular complexity index is 1170. The van der Waals surface area contributed by atoms with Gasteiger partial charge >= 0.3 is 0 Å². The van der Waals surface area contributed by atoms with E-state index in [1.165, 1.54) is 35.7 Å². The summed E-state index contributed by atoms with van der Waals surface area (Å²) in [6, 6.07) is 8.92. The number of hydrogen-bond acceptors (Lipinski definition) is 2. The number of hydrogen-bond donors (Lipinski definition) is 1. The first-order valence-corrected chi connectivity index (χ1v) is 14.8. The lowest BCUT2D eigenvalue weighted by atomic mass is 9.39. The average molecular weight is 506 g/mol. The van der Waals surface area contributed by atoms with Gasteiger partial charge in [-0.1, -0.05) is 52.0 Å². The Balaban J connectivity index is 1.44. The number of benzene rings is 1. The first kappa shape index (κ1) is 27.0. The lowest BCUT2D eigenvalue weighted by Crippen LogP contribution is -2.63. The number of para-hydroxylation sites is 1. The molecular formula is C34H51NO2. The molecule has 1 aliphatic heterocycles. The molecule has 37 heavy (non-hydrogen) atoms. The second-order valence-corrected chi connectivity index (χ2v) is 14.9. The minimum absolute atomic E-state index is 0.0450. The highest BCUT2D eigenvalue weighted by molar-refractivity contribution is 5.84. The van der Waals surface area contributed by atoms with Crippen molar-refractivity contribution in [3.05, 3.63) is 48.7 Å². The van der Waals surface area contributed by atoms with Gasteiger partial charge in [-0.15, -0.1) is 6.58 Å². The van der Waals surface area contributed by atoms with E-state index in [9.17, 15) is 5.11 Å². The van der Waals surface area contributed by atoms with Gasteiger partial charge in [-0.25, -0.2) is 0 Å². The highest BCUT2D eigenvalue weighted by Gasteiger charge is 2.63. The molecule has 5 rings (SSSR count). The first-order chi connectivity index (χ1) is 17.1. The number of allylic oxidation sites excluding steroid dienone is 1. The van der Waals surface area contributed by atoms with Gasteiger partial charge in [-0.05, 0) is 112 Å². The summed E-state index contributed by atoms with van der Waals surface area (Å²) in [6.07, 6.45) is 12.8. The molecule has 0 bridgehead atoms.